The SMILES string of the molecule is Cc1cnc(-c2nc3ncccc3[nH]2)cn1. The van der Waals surface area contributed by atoms with Gasteiger partial charge in [-0.05, 0) is 19.1 Å². The van der Waals surface area contributed by atoms with Crippen LogP contribution in [0.25, 0.3) is 22.7 Å². The molecule has 0 spiro atoms. The average molecular weight is 211 g/mol. The summed E-state index contributed by atoms with van der Waals surface area (Å²) >= 11 is 0. The minimum Gasteiger partial charge on any atom is -0.335 e. The predicted molar refractivity (Wildman–Crippen MR) is 59.7 cm³/mol. The molecular weight excluding hydrogens is 202 g/mol. The number of H-pyrrole nitrogens is 1. The van der Waals surface area contributed by atoms with Crippen molar-refractivity contribution in [2.24, 2.45) is 0 Å². The molecule has 5 heteroatoms. The zero-order valence-electron chi connectivity index (χ0n) is 8.68. The van der Waals surface area contributed by atoms with Gasteiger partial charge >= 0.3 is 0 Å². The molecule has 0 amide bonds. The van der Waals surface area contributed by atoms with Gasteiger partial charge in [0.15, 0.2) is 11.5 Å². The minimum atomic E-state index is 0.694. The van der Waals surface area contributed by atoms with Gasteiger partial charge in [-0.1, -0.05) is 0 Å². The number of nitrogens with one attached hydrogen (secondary N) is 1. The lowest BCUT2D eigenvalue weighted by Crippen LogP contribution is -1.89. The van der Waals surface area contributed by atoms with E-state index in [1.54, 1.807) is 18.6 Å². The van der Waals surface area contributed by atoms with Gasteiger partial charge in [-0.15, -0.1) is 0 Å². The number of aromatic amines is 1. The number of nitrogens with zero attached hydrogens (tertiary/aromatic N) is 4. The van der Waals surface area contributed by atoms with Gasteiger partial charge in [0.25, 0.3) is 0 Å². The maximum Gasteiger partial charge on any atom is 0.178 e. The molecule has 16 heavy (non-hydrogen) atoms. The largest absolute Gasteiger partial charge is 0.335 e. The van der Waals surface area contributed by atoms with Gasteiger partial charge in [0.05, 0.1) is 17.4 Å². The van der Waals surface area contributed by atoms with E-state index in [2.05, 4.69) is 24.9 Å². The van der Waals surface area contributed by atoms with E-state index >= 15 is 0 Å². The number of hydrogen-bond donors (Lipinski definition) is 1. The second kappa shape index (κ2) is 3.37. The lowest BCUT2D eigenvalue weighted by molar-refractivity contribution is 1.10. The molecule has 0 saturated carbocycles. The molecule has 0 aliphatic carbocycles. The van der Waals surface area contributed by atoms with Crippen LogP contribution in [-0.4, -0.2) is 24.9 Å². The molecule has 0 aliphatic rings. The molecule has 1 N–H and O–H groups in total. The third-order valence-corrected chi connectivity index (χ3v) is 2.28. The number of rotatable bonds is 1. The summed E-state index contributed by atoms with van der Waals surface area (Å²) in [5.74, 6) is 0.696. The van der Waals surface area contributed by atoms with Crippen molar-refractivity contribution < 1.29 is 0 Å². The highest BCUT2D eigenvalue weighted by molar-refractivity contribution is 5.74. The van der Waals surface area contributed by atoms with E-state index in [0.29, 0.717) is 11.5 Å². The van der Waals surface area contributed by atoms with Crippen LogP contribution in [0.15, 0.2) is 30.7 Å². The van der Waals surface area contributed by atoms with Crippen molar-refractivity contribution in [3.63, 3.8) is 0 Å². The number of aromatic nitrogens is 5. The van der Waals surface area contributed by atoms with Crippen molar-refractivity contribution in [3.8, 4) is 11.5 Å². The van der Waals surface area contributed by atoms with Gasteiger partial charge in [-0.25, -0.2) is 15.0 Å². The molecule has 0 aliphatic heterocycles. The Balaban J connectivity index is 2.15. The normalized spacial score (nSPS) is 10.8. The van der Waals surface area contributed by atoms with E-state index in [4.69, 9.17) is 0 Å². The first-order chi connectivity index (χ1) is 7.83. The highest BCUT2D eigenvalue weighted by Gasteiger charge is 2.06. The maximum absolute atomic E-state index is 4.34. The van der Waals surface area contributed by atoms with Gasteiger partial charge in [-0.3, -0.25) is 4.98 Å². The van der Waals surface area contributed by atoms with E-state index in [9.17, 15) is 0 Å². The van der Waals surface area contributed by atoms with Crippen LogP contribution in [0, 0.1) is 6.92 Å². The van der Waals surface area contributed by atoms with Crippen molar-refractivity contribution >= 4 is 11.2 Å². The number of aryl methyl sites for hydroxylation is 1. The van der Waals surface area contributed by atoms with E-state index < -0.39 is 0 Å². The zero-order chi connectivity index (χ0) is 11.0. The van der Waals surface area contributed by atoms with E-state index in [1.165, 1.54) is 0 Å². The van der Waals surface area contributed by atoms with Crippen LogP contribution in [0.1, 0.15) is 5.69 Å². The fourth-order valence-corrected chi connectivity index (χ4v) is 1.48. The third-order valence-electron chi connectivity index (χ3n) is 2.28. The molecule has 78 valence electrons. The Hall–Kier alpha value is -2.30. The summed E-state index contributed by atoms with van der Waals surface area (Å²) in [5.41, 5.74) is 3.21. The summed E-state index contributed by atoms with van der Waals surface area (Å²) in [6, 6.07) is 3.80. The Kier molecular flexibility index (Phi) is 1.89. The predicted octanol–water partition coefficient (Wildman–Crippen LogP) is 1.72. The molecule has 0 fully saturated rings. The van der Waals surface area contributed by atoms with Crippen LogP contribution >= 0.6 is 0 Å². The fourth-order valence-electron chi connectivity index (χ4n) is 1.48. The maximum atomic E-state index is 4.34. The summed E-state index contributed by atoms with van der Waals surface area (Å²) < 4.78 is 0. The zero-order valence-corrected chi connectivity index (χ0v) is 8.68. The van der Waals surface area contributed by atoms with Crippen LogP contribution in [-0.2, 0) is 0 Å². The van der Waals surface area contributed by atoms with Crippen LogP contribution in [0.5, 0.6) is 0 Å². The standard InChI is InChI=1S/C11H9N5/c1-7-5-14-9(6-13-7)11-15-8-3-2-4-12-10(8)16-11/h2-6H,1H3,(H,12,15,16). The van der Waals surface area contributed by atoms with E-state index in [1.807, 2.05) is 19.1 Å². The summed E-state index contributed by atoms with van der Waals surface area (Å²) in [7, 11) is 0. The van der Waals surface area contributed by atoms with Crippen LogP contribution in [0.2, 0.25) is 0 Å². The minimum absolute atomic E-state index is 0.694. The third kappa shape index (κ3) is 1.42. The molecule has 0 unspecified atom stereocenters. The monoisotopic (exact) mass is 211 g/mol. The highest BCUT2D eigenvalue weighted by atomic mass is 15.0. The van der Waals surface area contributed by atoms with E-state index in [-0.39, 0.29) is 0 Å². The van der Waals surface area contributed by atoms with Crippen LogP contribution in [0.3, 0.4) is 0 Å². The topological polar surface area (TPSA) is 67.3 Å². The van der Waals surface area contributed by atoms with E-state index in [0.717, 1.165) is 16.9 Å². The smallest absolute Gasteiger partial charge is 0.178 e. The lowest BCUT2D eigenvalue weighted by Gasteiger charge is -1.94. The molecule has 3 aromatic heterocycles. The van der Waals surface area contributed by atoms with Crippen molar-refractivity contribution in [1.82, 2.24) is 24.9 Å². The Morgan fingerprint density at radius 3 is 2.81 bits per heavy atom. The molecule has 3 heterocycles. The molecular formula is C11H9N5. The average Bonchev–Trinajstić information content (AvgIpc) is 2.73. The molecule has 0 radical (unpaired) electrons. The molecule has 0 atom stereocenters. The first-order valence-corrected chi connectivity index (χ1v) is 4.93. The summed E-state index contributed by atoms with van der Waals surface area (Å²) in [6.07, 6.45) is 5.14. The number of hydrogen-bond acceptors (Lipinski definition) is 4. The quantitative estimate of drug-likeness (QED) is 0.665. The Labute approximate surface area is 91.6 Å². The highest BCUT2D eigenvalue weighted by Crippen LogP contribution is 2.15. The first-order valence-electron chi connectivity index (χ1n) is 4.93. The first kappa shape index (κ1) is 8.96. The Bertz CT molecular complexity index is 593. The van der Waals surface area contributed by atoms with Crippen molar-refractivity contribution in [2.75, 3.05) is 0 Å². The molecule has 0 saturated heterocycles. The summed E-state index contributed by atoms with van der Waals surface area (Å²) in [6.45, 7) is 1.90. The van der Waals surface area contributed by atoms with Crippen molar-refractivity contribution in [2.45, 2.75) is 6.92 Å². The summed E-state index contributed by atoms with van der Waals surface area (Å²) in [5, 5.41) is 0. The van der Waals surface area contributed by atoms with Crippen molar-refractivity contribution in [1.29, 1.82) is 0 Å². The molecule has 0 aromatic carbocycles. The molecule has 3 rings (SSSR count). The van der Waals surface area contributed by atoms with Crippen LogP contribution < -0.4 is 0 Å². The number of fused-ring (bicyclic) bond motifs is 1. The lowest BCUT2D eigenvalue weighted by atomic mass is 10.4. The Morgan fingerprint density at radius 2 is 2.06 bits per heavy atom. The van der Waals surface area contributed by atoms with Crippen molar-refractivity contribution in [3.05, 3.63) is 36.4 Å². The second-order valence-electron chi connectivity index (χ2n) is 3.50. The van der Waals surface area contributed by atoms with Crippen LogP contribution in [0.4, 0.5) is 0 Å². The fraction of sp³-hybridized carbons (Fsp3) is 0.0909. The molecule has 0 bridgehead atoms. The van der Waals surface area contributed by atoms with Gasteiger partial charge in [-0.2, -0.15) is 0 Å². The molecule has 3 aromatic rings. The Morgan fingerprint density at radius 1 is 1.12 bits per heavy atom. The number of imidazole rings is 1. The summed E-state index contributed by atoms with van der Waals surface area (Å²) in [4.78, 5) is 20.1. The van der Waals surface area contributed by atoms with Gasteiger partial charge in [0, 0.05) is 12.4 Å². The van der Waals surface area contributed by atoms with Gasteiger partial charge in [0.1, 0.15) is 5.69 Å². The number of pyridine rings is 1. The molecule has 5 nitrogen and oxygen atoms in total. The van der Waals surface area contributed by atoms with Gasteiger partial charge in [0.2, 0.25) is 0 Å². The second-order valence-corrected chi connectivity index (χ2v) is 3.50. The van der Waals surface area contributed by atoms with Gasteiger partial charge < -0.3 is 4.98 Å².